The highest BCUT2D eigenvalue weighted by Gasteiger charge is 2.12. The number of hydrogen-bond donors (Lipinski definition) is 3. The molecule has 0 radical (unpaired) electrons. The third kappa shape index (κ3) is 4.66. The predicted octanol–water partition coefficient (Wildman–Crippen LogP) is 3.47. The van der Waals surface area contributed by atoms with Gasteiger partial charge < -0.3 is 16.8 Å². The molecule has 3 aromatic rings. The lowest BCUT2D eigenvalue weighted by molar-refractivity contribution is -0.117. The molecule has 0 saturated carbocycles. The Bertz CT molecular complexity index is 1150. The van der Waals surface area contributed by atoms with Gasteiger partial charge in [-0.1, -0.05) is 29.8 Å². The van der Waals surface area contributed by atoms with E-state index >= 15 is 0 Å². The van der Waals surface area contributed by atoms with Crippen molar-refractivity contribution < 1.29 is 4.79 Å². The summed E-state index contributed by atoms with van der Waals surface area (Å²) in [5.74, 6) is 0.242. The summed E-state index contributed by atoms with van der Waals surface area (Å²) < 4.78 is 0. The summed E-state index contributed by atoms with van der Waals surface area (Å²) in [6, 6.07) is 12.0. The number of rotatable bonds is 6. The Kier molecular flexibility index (Phi) is 6.47. The number of pyridine rings is 1. The Morgan fingerprint density at radius 3 is 2.70 bits per heavy atom. The van der Waals surface area contributed by atoms with Gasteiger partial charge in [0.05, 0.1) is 12.1 Å². The van der Waals surface area contributed by atoms with Crippen molar-refractivity contribution in [2.24, 2.45) is 10.7 Å². The second-order valence-corrected chi connectivity index (χ2v) is 7.35. The highest BCUT2D eigenvalue weighted by molar-refractivity contribution is 6.12. The Morgan fingerprint density at radius 1 is 1.17 bits per heavy atom. The third-order valence-corrected chi connectivity index (χ3v) is 5.17. The molecule has 0 saturated heterocycles. The number of nitrogens with one attached hydrogen (secondary N) is 1. The second kappa shape index (κ2) is 9.22. The molecule has 2 aromatic carbocycles. The van der Waals surface area contributed by atoms with Crippen molar-refractivity contribution in [3.05, 3.63) is 82.2 Å². The molecule has 0 aliphatic heterocycles. The third-order valence-electron chi connectivity index (χ3n) is 5.17. The number of amides is 1. The number of nitrogen functional groups attached to an aromatic ring is 1. The average Bonchev–Trinajstić information content (AvgIpc) is 2.72. The van der Waals surface area contributed by atoms with E-state index in [2.05, 4.69) is 21.4 Å². The second-order valence-electron chi connectivity index (χ2n) is 7.35. The van der Waals surface area contributed by atoms with Crippen LogP contribution in [0.25, 0.3) is 10.8 Å². The topological polar surface area (TPSA) is 106 Å². The van der Waals surface area contributed by atoms with E-state index < -0.39 is 0 Å². The molecule has 1 aromatic heterocycles. The molecule has 0 atom stereocenters. The van der Waals surface area contributed by atoms with Crippen molar-refractivity contribution in [3.8, 4) is 0 Å². The molecule has 5 N–H and O–H groups in total. The van der Waals surface area contributed by atoms with Crippen LogP contribution in [0, 0.1) is 20.8 Å². The molecule has 0 aliphatic carbocycles. The van der Waals surface area contributed by atoms with Crippen molar-refractivity contribution in [1.82, 2.24) is 10.3 Å². The van der Waals surface area contributed by atoms with Crippen LogP contribution in [0.5, 0.6) is 0 Å². The SMILES string of the molecule is Cc1cccc(CN=C/C(=C\N)C(=O)NCc2c(C)cc3c(N)nccc3c2C)c1. The largest absolute Gasteiger partial charge is 0.404 e. The lowest BCUT2D eigenvalue weighted by atomic mass is 9.96. The van der Waals surface area contributed by atoms with Gasteiger partial charge in [-0.15, -0.1) is 0 Å². The number of fused-ring (bicyclic) bond motifs is 1. The monoisotopic (exact) mass is 401 g/mol. The molecule has 0 bridgehead atoms. The quantitative estimate of drug-likeness (QED) is 0.434. The molecule has 0 spiro atoms. The van der Waals surface area contributed by atoms with E-state index in [0.717, 1.165) is 33.0 Å². The minimum Gasteiger partial charge on any atom is -0.404 e. The number of aryl methyl sites for hydroxylation is 3. The highest BCUT2D eigenvalue weighted by atomic mass is 16.1. The van der Waals surface area contributed by atoms with Crippen LogP contribution in [0.3, 0.4) is 0 Å². The number of benzene rings is 2. The zero-order chi connectivity index (χ0) is 21.7. The van der Waals surface area contributed by atoms with Crippen molar-refractivity contribution in [3.63, 3.8) is 0 Å². The van der Waals surface area contributed by atoms with Crippen LogP contribution in [-0.4, -0.2) is 17.1 Å². The summed E-state index contributed by atoms with van der Waals surface area (Å²) in [6.07, 6.45) is 4.49. The fourth-order valence-electron chi connectivity index (χ4n) is 3.51. The molecule has 6 nitrogen and oxygen atoms in total. The smallest absolute Gasteiger partial charge is 0.254 e. The van der Waals surface area contributed by atoms with Gasteiger partial charge in [-0.3, -0.25) is 9.79 Å². The Balaban J connectivity index is 1.70. The zero-order valence-corrected chi connectivity index (χ0v) is 17.6. The average molecular weight is 402 g/mol. The first-order valence-corrected chi connectivity index (χ1v) is 9.79. The minimum absolute atomic E-state index is 0.265. The van der Waals surface area contributed by atoms with E-state index in [1.54, 1.807) is 6.20 Å². The van der Waals surface area contributed by atoms with Crippen LogP contribution in [0.4, 0.5) is 5.82 Å². The van der Waals surface area contributed by atoms with Crippen molar-refractivity contribution >= 4 is 28.7 Å². The van der Waals surface area contributed by atoms with E-state index in [4.69, 9.17) is 11.5 Å². The Labute approximate surface area is 176 Å². The highest BCUT2D eigenvalue weighted by Crippen LogP contribution is 2.27. The number of carbonyl (C=O) groups is 1. The standard InChI is InChI=1S/C24H27N5O/c1-15-5-4-6-18(9-15)12-27-13-19(11-25)24(30)29-14-22-16(2)10-21-20(17(22)3)7-8-28-23(21)26/h4-11,13H,12,14,25H2,1-3H3,(H2,26,28)(H,29,30)/b19-11+,27-13?. The Hall–Kier alpha value is -3.67. The lowest BCUT2D eigenvalue weighted by Crippen LogP contribution is -2.26. The van der Waals surface area contributed by atoms with Crippen LogP contribution in [-0.2, 0) is 17.9 Å². The molecule has 6 heteroatoms. The summed E-state index contributed by atoms with van der Waals surface area (Å²) in [7, 11) is 0. The first-order valence-electron chi connectivity index (χ1n) is 9.79. The lowest BCUT2D eigenvalue weighted by Gasteiger charge is -2.15. The molecule has 1 amide bonds. The van der Waals surface area contributed by atoms with E-state index in [0.29, 0.717) is 24.5 Å². The molecular weight excluding hydrogens is 374 g/mol. The van der Waals surface area contributed by atoms with Gasteiger partial charge >= 0.3 is 0 Å². The molecule has 3 rings (SSSR count). The summed E-state index contributed by atoms with van der Waals surface area (Å²) in [4.78, 5) is 21.1. The Morgan fingerprint density at radius 2 is 1.97 bits per heavy atom. The van der Waals surface area contributed by atoms with Gasteiger partial charge in [0.1, 0.15) is 5.82 Å². The van der Waals surface area contributed by atoms with Gasteiger partial charge in [-0.2, -0.15) is 0 Å². The number of nitrogens with two attached hydrogens (primary N) is 2. The van der Waals surface area contributed by atoms with Crippen LogP contribution >= 0.6 is 0 Å². The molecule has 0 aliphatic rings. The maximum atomic E-state index is 12.6. The molecule has 0 unspecified atom stereocenters. The summed E-state index contributed by atoms with van der Waals surface area (Å²) in [5.41, 5.74) is 17.4. The number of aliphatic imine (C=N–C) groups is 1. The van der Waals surface area contributed by atoms with Crippen LogP contribution in [0.1, 0.15) is 27.8 Å². The summed E-state index contributed by atoms with van der Waals surface area (Å²) >= 11 is 0. The molecular formula is C24H27N5O. The van der Waals surface area contributed by atoms with E-state index in [1.165, 1.54) is 18.0 Å². The summed E-state index contributed by atoms with van der Waals surface area (Å²) in [5, 5.41) is 4.90. The van der Waals surface area contributed by atoms with Crippen LogP contribution in [0.2, 0.25) is 0 Å². The first kappa shape index (κ1) is 21.0. The predicted molar refractivity (Wildman–Crippen MR) is 123 cm³/mol. The first-order chi connectivity index (χ1) is 14.4. The maximum Gasteiger partial charge on any atom is 0.254 e. The number of aromatic nitrogens is 1. The number of nitrogens with zero attached hydrogens (tertiary/aromatic N) is 2. The zero-order valence-electron chi connectivity index (χ0n) is 17.6. The van der Waals surface area contributed by atoms with Crippen molar-refractivity contribution in [2.45, 2.75) is 33.9 Å². The van der Waals surface area contributed by atoms with E-state index in [1.807, 2.05) is 51.1 Å². The van der Waals surface area contributed by atoms with Crippen LogP contribution in [0.15, 0.2) is 59.4 Å². The molecule has 0 fully saturated rings. The fourth-order valence-corrected chi connectivity index (χ4v) is 3.51. The van der Waals surface area contributed by atoms with Gasteiger partial charge in [-0.05, 0) is 60.5 Å². The van der Waals surface area contributed by atoms with E-state index in [-0.39, 0.29) is 5.91 Å². The van der Waals surface area contributed by atoms with Crippen molar-refractivity contribution in [1.29, 1.82) is 0 Å². The maximum absolute atomic E-state index is 12.6. The number of hydrogen-bond acceptors (Lipinski definition) is 5. The molecule has 30 heavy (non-hydrogen) atoms. The molecule has 154 valence electrons. The number of carbonyl (C=O) groups excluding carboxylic acids is 1. The van der Waals surface area contributed by atoms with E-state index in [9.17, 15) is 4.79 Å². The molecule has 1 heterocycles. The summed E-state index contributed by atoms with van der Waals surface area (Å²) in [6.45, 7) is 6.94. The van der Waals surface area contributed by atoms with Gasteiger partial charge in [0, 0.05) is 30.5 Å². The number of anilines is 1. The fraction of sp³-hybridized carbons (Fsp3) is 0.208. The van der Waals surface area contributed by atoms with Gasteiger partial charge in [0.2, 0.25) is 0 Å². The van der Waals surface area contributed by atoms with Gasteiger partial charge in [-0.25, -0.2) is 4.98 Å². The van der Waals surface area contributed by atoms with Gasteiger partial charge in [0.25, 0.3) is 5.91 Å². The van der Waals surface area contributed by atoms with Crippen molar-refractivity contribution in [2.75, 3.05) is 5.73 Å². The van der Waals surface area contributed by atoms with Gasteiger partial charge in [0.15, 0.2) is 0 Å². The normalized spacial score (nSPS) is 11.9. The minimum atomic E-state index is -0.265. The van der Waals surface area contributed by atoms with Crippen LogP contribution < -0.4 is 16.8 Å².